The molecule has 2 aromatic heterocycles. The van der Waals surface area contributed by atoms with E-state index in [0.717, 1.165) is 35.0 Å². The number of aromatic nitrogens is 6. The van der Waals surface area contributed by atoms with E-state index in [4.69, 9.17) is 9.57 Å². The number of amides is 2. The van der Waals surface area contributed by atoms with Crippen molar-refractivity contribution in [2.75, 3.05) is 35.5 Å². The molecule has 0 N–H and O–H groups in total. The number of fused-ring (bicyclic) bond motifs is 2. The van der Waals surface area contributed by atoms with Crippen LogP contribution >= 0.6 is 0 Å². The van der Waals surface area contributed by atoms with Gasteiger partial charge >= 0.3 is 5.56 Å². The Morgan fingerprint density at radius 2 is 1.19 bits per heavy atom. The molecule has 0 bridgehead atoms. The minimum atomic E-state index is -1.73. The van der Waals surface area contributed by atoms with E-state index in [2.05, 4.69) is 35.0 Å². The Labute approximate surface area is 319 Å². The number of non-ortho nitro benzene ring substituents is 1. The molecule has 7 rings (SSSR count). The molecule has 2 amide bonds. The quantitative estimate of drug-likeness (QED) is 0.0578. The van der Waals surface area contributed by atoms with Crippen LogP contribution < -0.4 is 24.7 Å². The van der Waals surface area contributed by atoms with Crippen LogP contribution in [0.2, 0.25) is 0 Å². The van der Waals surface area contributed by atoms with Crippen LogP contribution in [0.1, 0.15) is 18.4 Å². The second-order valence-electron chi connectivity index (χ2n) is 10.7. The van der Waals surface area contributed by atoms with Crippen LogP contribution in [0.5, 0.6) is 11.5 Å². The summed E-state index contributed by atoms with van der Waals surface area (Å²) >= 11 is 0. The lowest BCUT2D eigenvalue weighted by Crippen LogP contribution is -2.28. The number of benzene rings is 4. The molecule has 1 fully saturated rings. The third-order valence-electron chi connectivity index (χ3n) is 7.33. The third-order valence-corrected chi connectivity index (χ3v) is 7.33. The summed E-state index contributed by atoms with van der Waals surface area (Å²) in [5, 5.41) is 26.4. The van der Waals surface area contributed by atoms with Gasteiger partial charge in [-0.2, -0.15) is 9.45 Å². The number of hydrogen-bond donors (Lipinski definition) is 0. The number of ether oxygens (including phenoxy) is 2. The molecule has 18 nitrogen and oxygen atoms in total. The van der Waals surface area contributed by atoms with Crippen LogP contribution in [-0.2, 0) is 14.4 Å². The Morgan fingerprint density at radius 1 is 0.649 bits per heavy atom. The molecule has 6 aromatic rings. The van der Waals surface area contributed by atoms with Gasteiger partial charge in [-0.3, -0.25) is 29.3 Å². The lowest BCUT2D eigenvalue weighted by molar-refractivity contribution is -0.384. The SMILES string of the molecule is CON1C(=O)CCC1=O.COc1c(F)c(C)c(F)c(F)c1F.COc1ccc([N+](=O)[O-])cc1.COn1nnc2ccccc21.COn1nnc2ccccc2c1=O. The van der Waals surface area contributed by atoms with E-state index >= 15 is 0 Å². The molecule has 22 heteroatoms. The number of para-hydroxylation sites is 1. The van der Waals surface area contributed by atoms with Crippen molar-refractivity contribution >= 4 is 39.4 Å². The number of nitrogens with zero attached hydrogens (tertiary/aromatic N) is 8. The number of imide groups is 1. The summed E-state index contributed by atoms with van der Waals surface area (Å²) in [4.78, 5) is 58.7. The van der Waals surface area contributed by atoms with Gasteiger partial charge in [0.1, 0.15) is 36.5 Å². The summed E-state index contributed by atoms with van der Waals surface area (Å²) in [6.45, 7) is 0.996. The Balaban J connectivity index is 0.000000192. The zero-order valence-corrected chi connectivity index (χ0v) is 31.0. The van der Waals surface area contributed by atoms with Crippen molar-refractivity contribution in [1.82, 2.24) is 35.4 Å². The first-order valence-electron chi connectivity index (χ1n) is 16.0. The second kappa shape index (κ2) is 21.0. The first-order chi connectivity index (χ1) is 27.2. The molecular weight excluding hydrogens is 768 g/mol. The van der Waals surface area contributed by atoms with Gasteiger partial charge in [-0.1, -0.05) is 29.1 Å². The van der Waals surface area contributed by atoms with Crippen LogP contribution in [-0.4, -0.2) is 87.7 Å². The highest BCUT2D eigenvalue weighted by atomic mass is 19.2. The smallest absolute Gasteiger partial charge is 0.314 e. The third kappa shape index (κ3) is 11.2. The van der Waals surface area contributed by atoms with Crippen LogP contribution in [0.15, 0.2) is 77.6 Å². The van der Waals surface area contributed by atoms with Crippen molar-refractivity contribution in [3.63, 3.8) is 0 Å². The van der Waals surface area contributed by atoms with Crippen LogP contribution in [0.4, 0.5) is 23.2 Å². The Hall–Kier alpha value is -7.23. The average Bonchev–Trinajstić information content (AvgIpc) is 3.81. The van der Waals surface area contributed by atoms with E-state index in [1.165, 1.54) is 38.3 Å². The minimum absolute atomic E-state index is 0.0748. The predicted molar refractivity (Wildman–Crippen MR) is 192 cm³/mol. The van der Waals surface area contributed by atoms with E-state index < -0.39 is 39.5 Å². The molecule has 57 heavy (non-hydrogen) atoms. The molecule has 1 aliphatic rings. The summed E-state index contributed by atoms with van der Waals surface area (Å²) in [6, 6.07) is 20.5. The second-order valence-corrected chi connectivity index (χ2v) is 10.7. The number of carbonyl (C=O) groups is 2. The van der Waals surface area contributed by atoms with Gasteiger partial charge in [0.2, 0.25) is 5.82 Å². The maximum Gasteiger partial charge on any atom is 0.314 e. The Kier molecular flexibility index (Phi) is 16.3. The highest BCUT2D eigenvalue weighted by molar-refractivity contribution is 6.00. The number of rotatable bonds is 6. The van der Waals surface area contributed by atoms with Gasteiger partial charge in [-0.15, -0.1) is 10.2 Å². The van der Waals surface area contributed by atoms with Crippen LogP contribution in [0.25, 0.3) is 21.9 Å². The summed E-state index contributed by atoms with van der Waals surface area (Å²) in [7, 11) is 6.71. The first kappa shape index (κ1) is 44.2. The molecule has 0 unspecified atom stereocenters. The molecule has 0 aliphatic carbocycles. The van der Waals surface area contributed by atoms with Gasteiger partial charge in [0.25, 0.3) is 17.5 Å². The zero-order valence-electron chi connectivity index (χ0n) is 31.0. The van der Waals surface area contributed by atoms with E-state index in [0.29, 0.717) is 16.7 Å². The van der Waals surface area contributed by atoms with Gasteiger partial charge < -0.3 is 19.1 Å². The van der Waals surface area contributed by atoms with Gasteiger partial charge in [-0.25, -0.2) is 13.2 Å². The molecule has 0 radical (unpaired) electrons. The number of halogens is 4. The predicted octanol–water partition coefficient (Wildman–Crippen LogP) is 4.20. The van der Waals surface area contributed by atoms with Crippen molar-refractivity contribution < 1.29 is 56.1 Å². The summed E-state index contributed by atoms with van der Waals surface area (Å²) in [5.41, 5.74) is 1.47. The van der Waals surface area contributed by atoms with Gasteiger partial charge in [-0.05, 0) is 58.6 Å². The van der Waals surface area contributed by atoms with Crippen molar-refractivity contribution in [2.45, 2.75) is 19.8 Å². The highest BCUT2D eigenvalue weighted by Gasteiger charge is 2.29. The lowest BCUT2D eigenvalue weighted by Gasteiger charge is -2.07. The fourth-order valence-electron chi connectivity index (χ4n) is 4.44. The van der Waals surface area contributed by atoms with Gasteiger partial charge in [0, 0.05) is 30.5 Å². The lowest BCUT2D eigenvalue weighted by atomic mass is 10.2. The number of carbonyl (C=O) groups excluding carboxylic acids is 2. The first-order valence-corrected chi connectivity index (χ1v) is 16.0. The van der Waals surface area contributed by atoms with Crippen LogP contribution in [0.3, 0.4) is 0 Å². The topological polar surface area (TPSA) is 205 Å². The van der Waals surface area contributed by atoms with Crippen molar-refractivity contribution in [3.05, 3.63) is 122 Å². The molecule has 302 valence electrons. The molecule has 0 spiro atoms. The van der Waals surface area contributed by atoms with E-state index in [1.54, 1.807) is 43.5 Å². The molecule has 1 aliphatic heterocycles. The molecular formula is C35H34F4N8O10. The average molecular weight is 803 g/mol. The van der Waals surface area contributed by atoms with E-state index in [9.17, 15) is 42.1 Å². The van der Waals surface area contributed by atoms with E-state index in [1.807, 2.05) is 24.3 Å². The van der Waals surface area contributed by atoms with Crippen LogP contribution in [0, 0.1) is 40.3 Å². The van der Waals surface area contributed by atoms with Gasteiger partial charge in [0.05, 0.1) is 31.6 Å². The maximum absolute atomic E-state index is 12.9. The standard InChI is InChI=1S/C8H6F4O.C8H7N3O2.C7H7N3O.C7H7NO3.C5H7NO3/c1-3-4(9)6(11)7(12)8(13-2)5(3)10;1-13-11-8(12)6-4-2-3-5-7(6)9-10-11;1-11-10-7-5-3-2-4-6(7)8-9-10;1-11-7-4-2-6(3-5-7)8(9)10;1-9-6-4(7)2-3-5(6)8/h1-2H3;2-5H,1H3;2*2-5H,1H3;2-3H2,1H3. The number of nitro benzene ring substituents is 1. The molecule has 0 atom stereocenters. The maximum atomic E-state index is 12.9. The largest absolute Gasteiger partial charge is 0.497 e. The molecule has 4 aromatic carbocycles. The molecule has 1 saturated heterocycles. The summed E-state index contributed by atoms with van der Waals surface area (Å²) in [5.74, 6) is -6.91. The Morgan fingerprint density at radius 3 is 1.72 bits per heavy atom. The van der Waals surface area contributed by atoms with Crippen molar-refractivity contribution in [1.29, 1.82) is 0 Å². The van der Waals surface area contributed by atoms with E-state index in [-0.39, 0.29) is 35.9 Å². The van der Waals surface area contributed by atoms with Gasteiger partial charge in [0.15, 0.2) is 23.2 Å². The number of hydrogen-bond acceptors (Lipinski definition) is 14. The number of hydroxylamine groups is 2. The normalized spacial score (nSPS) is 11.5. The molecule has 0 saturated carbocycles. The molecule has 3 heterocycles. The summed E-state index contributed by atoms with van der Waals surface area (Å²) < 4.78 is 60.0. The fourth-order valence-corrected chi connectivity index (χ4v) is 4.44. The zero-order chi connectivity index (χ0) is 42.2. The number of nitro groups is 1. The highest BCUT2D eigenvalue weighted by Crippen LogP contribution is 2.29. The summed E-state index contributed by atoms with van der Waals surface area (Å²) in [6.07, 6.45) is 0.569. The minimum Gasteiger partial charge on any atom is -0.497 e. The van der Waals surface area contributed by atoms with Crippen molar-refractivity contribution in [2.24, 2.45) is 0 Å². The number of methoxy groups -OCH3 is 2. The van der Waals surface area contributed by atoms with Crippen molar-refractivity contribution in [3.8, 4) is 11.5 Å². The Bertz CT molecular complexity index is 2330. The monoisotopic (exact) mass is 802 g/mol. The fraction of sp³-hybridized carbons (Fsp3) is 0.229.